The van der Waals surface area contributed by atoms with Gasteiger partial charge in [-0.3, -0.25) is 4.79 Å². The largest absolute Gasteiger partial charge is 0.345 e. The third kappa shape index (κ3) is 2.51. The second kappa shape index (κ2) is 5.30. The summed E-state index contributed by atoms with van der Waals surface area (Å²) in [4.78, 5) is 12.7. The van der Waals surface area contributed by atoms with E-state index in [2.05, 4.69) is 29.7 Å². The Bertz CT molecular complexity index is 762. The van der Waals surface area contributed by atoms with E-state index in [1.807, 2.05) is 22.9 Å². The molecular formula is C21H25N2O+. The highest BCUT2D eigenvalue weighted by molar-refractivity contribution is 5.80. The van der Waals surface area contributed by atoms with E-state index in [1.54, 1.807) is 0 Å². The van der Waals surface area contributed by atoms with E-state index in [0.29, 0.717) is 6.54 Å². The van der Waals surface area contributed by atoms with Gasteiger partial charge in [-0.2, -0.15) is 4.57 Å². The normalized spacial score (nSPS) is 33.8. The van der Waals surface area contributed by atoms with Crippen LogP contribution >= 0.6 is 0 Å². The van der Waals surface area contributed by atoms with Crippen molar-refractivity contribution in [1.82, 2.24) is 5.32 Å². The molecule has 4 fully saturated rings. The van der Waals surface area contributed by atoms with Gasteiger partial charge in [0.25, 0.3) is 5.91 Å². The molecule has 1 aromatic heterocycles. The van der Waals surface area contributed by atoms with Crippen molar-refractivity contribution in [2.24, 2.45) is 17.8 Å². The van der Waals surface area contributed by atoms with Crippen molar-refractivity contribution in [3.63, 3.8) is 0 Å². The number of nitrogens with zero attached hydrogens (tertiary/aromatic N) is 1. The molecule has 4 bridgehead atoms. The summed E-state index contributed by atoms with van der Waals surface area (Å²) in [7, 11) is 0. The molecule has 0 unspecified atom stereocenters. The van der Waals surface area contributed by atoms with E-state index in [9.17, 15) is 4.79 Å². The van der Waals surface area contributed by atoms with Crippen LogP contribution in [0.4, 0.5) is 0 Å². The van der Waals surface area contributed by atoms with Crippen molar-refractivity contribution in [3.8, 4) is 0 Å². The first-order valence-corrected chi connectivity index (χ1v) is 9.36. The molecule has 1 amide bonds. The number of fused-ring (bicyclic) bond motifs is 1. The Labute approximate surface area is 143 Å². The summed E-state index contributed by atoms with van der Waals surface area (Å²) in [5, 5.41) is 5.86. The summed E-state index contributed by atoms with van der Waals surface area (Å²) >= 11 is 0. The highest BCUT2D eigenvalue weighted by atomic mass is 16.2. The number of nitrogens with one attached hydrogen (secondary N) is 1. The molecule has 4 saturated carbocycles. The molecule has 4 aliphatic rings. The van der Waals surface area contributed by atoms with Crippen LogP contribution in [0.1, 0.15) is 38.5 Å². The molecule has 0 radical (unpaired) electrons. The van der Waals surface area contributed by atoms with Gasteiger partial charge in [-0.15, -0.1) is 0 Å². The highest BCUT2D eigenvalue weighted by Crippen LogP contribution is 2.55. The molecule has 0 spiro atoms. The Morgan fingerprint density at radius 2 is 1.62 bits per heavy atom. The Morgan fingerprint density at radius 3 is 2.29 bits per heavy atom. The smallest absolute Gasteiger partial charge is 0.286 e. The fourth-order valence-corrected chi connectivity index (χ4v) is 6.04. The number of carbonyl (C=O) groups excluding carboxylic acids is 1. The fourth-order valence-electron chi connectivity index (χ4n) is 6.04. The van der Waals surface area contributed by atoms with Crippen molar-refractivity contribution in [1.29, 1.82) is 0 Å². The summed E-state index contributed by atoms with van der Waals surface area (Å²) < 4.78 is 2.01. The zero-order chi connectivity index (χ0) is 16.1. The van der Waals surface area contributed by atoms with Gasteiger partial charge in [0, 0.05) is 17.0 Å². The Kier molecular flexibility index (Phi) is 3.19. The first-order valence-electron chi connectivity index (χ1n) is 9.36. The second-order valence-electron chi connectivity index (χ2n) is 8.49. The van der Waals surface area contributed by atoms with E-state index in [-0.39, 0.29) is 11.4 Å². The van der Waals surface area contributed by atoms with Crippen molar-refractivity contribution >= 4 is 16.7 Å². The molecule has 3 nitrogen and oxygen atoms in total. The molecule has 0 aliphatic heterocycles. The number of aromatic nitrogens is 1. The van der Waals surface area contributed by atoms with Crippen LogP contribution in [-0.2, 0) is 11.3 Å². The van der Waals surface area contributed by atoms with Crippen LogP contribution in [0.5, 0.6) is 0 Å². The lowest BCUT2D eigenvalue weighted by Crippen LogP contribution is -2.61. The van der Waals surface area contributed by atoms with Gasteiger partial charge in [0.1, 0.15) is 0 Å². The summed E-state index contributed by atoms with van der Waals surface area (Å²) in [6.45, 7) is 0.423. The topological polar surface area (TPSA) is 33.0 Å². The molecule has 2 aromatic rings. The summed E-state index contributed by atoms with van der Waals surface area (Å²) in [5.74, 6) is 2.77. The van der Waals surface area contributed by atoms with Gasteiger partial charge < -0.3 is 5.32 Å². The maximum absolute atomic E-state index is 12.7. The van der Waals surface area contributed by atoms with Gasteiger partial charge in [0.05, 0.1) is 0 Å². The minimum Gasteiger partial charge on any atom is -0.345 e. The Balaban J connectivity index is 1.32. The number of carbonyl (C=O) groups is 1. The van der Waals surface area contributed by atoms with Gasteiger partial charge in [0.15, 0.2) is 12.4 Å². The van der Waals surface area contributed by atoms with Crippen LogP contribution < -0.4 is 9.88 Å². The lowest BCUT2D eigenvalue weighted by Gasteiger charge is -2.56. The lowest BCUT2D eigenvalue weighted by atomic mass is 9.53. The highest BCUT2D eigenvalue weighted by Gasteiger charge is 2.51. The molecule has 1 aromatic carbocycles. The van der Waals surface area contributed by atoms with Gasteiger partial charge >= 0.3 is 0 Å². The monoisotopic (exact) mass is 321 g/mol. The summed E-state index contributed by atoms with van der Waals surface area (Å²) in [5.41, 5.74) is 0.114. The van der Waals surface area contributed by atoms with Gasteiger partial charge in [-0.05, 0) is 67.7 Å². The molecule has 0 saturated heterocycles. The minimum atomic E-state index is 0.114. The van der Waals surface area contributed by atoms with E-state index < -0.39 is 0 Å². The predicted molar refractivity (Wildman–Crippen MR) is 93.2 cm³/mol. The van der Waals surface area contributed by atoms with Crippen LogP contribution in [0, 0.1) is 17.8 Å². The van der Waals surface area contributed by atoms with Crippen LogP contribution in [0.25, 0.3) is 10.8 Å². The van der Waals surface area contributed by atoms with Gasteiger partial charge in [-0.1, -0.05) is 18.2 Å². The van der Waals surface area contributed by atoms with Gasteiger partial charge in [0.2, 0.25) is 6.54 Å². The quantitative estimate of drug-likeness (QED) is 0.865. The zero-order valence-corrected chi connectivity index (χ0v) is 14.1. The third-order valence-corrected chi connectivity index (χ3v) is 6.52. The second-order valence-corrected chi connectivity index (χ2v) is 8.49. The molecule has 4 aliphatic carbocycles. The Morgan fingerprint density at radius 1 is 1.00 bits per heavy atom. The zero-order valence-electron chi connectivity index (χ0n) is 14.1. The van der Waals surface area contributed by atoms with Crippen LogP contribution in [0.2, 0.25) is 0 Å². The molecule has 1 heterocycles. The summed E-state index contributed by atoms with van der Waals surface area (Å²) in [6.07, 6.45) is 12.0. The van der Waals surface area contributed by atoms with Crippen LogP contribution in [0.3, 0.4) is 0 Å². The predicted octanol–water partition coefficient (Wildman–Crippen LogP) is 3.21. The maximum atomic E-state index is 12.7. The molecule has 1 N–H and O–H groups in total. The molecule has 24 heavy (non-hydrogen) atoms. The molecular weight excluding hydrogens is 296 g/mol. The number of amides is 1. The lowest BCUT2D eigenvalue weighted by molar-refractivity contribution is -0.683. The molecule has 124 valence electrons. The number of rotatable bonds is 3. The van der Waals surface area contributed by atoms with Crippen LogP contribution in [0.15, 0.2) is 42.7 Å². The molecule has 3 heteroatoms. The first kappa shape index (κ1) is 14.4. The van der Waals surface area contributed by atoms with E-state index in [0.717, 1.165) is 17.8 Å². The first-order chi connectivity index (χ1) is 11.7. The number of pyridine rings is 1. The van der Waals surface area contributed by atoms with Crippen molar-refractivity contribution in [2.75, 3.05) is 0 Å². The van der Waals surface area contributed by atoms with E-state index >= 15 is 0 Å². The van der Waals surface area contributed by atoms with Gasteiger partial charge in [-0.25, -0.2) is 0 Å². The minimum absolute atomic E-state index is 0.114. The maximum Gasteiger partial charge on any atom is 0.286 e. The number of hydrogen-bond donors (Lipinski definition) is 1. The van der Waals surface area contributed by atoms with Crippen molar-refractivity contribution < 1.29 is 9.36 Å². The number of hydrogen-bond acceptors (Lipinski definition) is 1. The standard InChI is InChI=1S/C21H24N2O/c24-20(14-23-6-5-18-3-1-2-4-19(18)13-23)22-21-10-15-7-16(11-21)9-17(8-15)12-21/h1-6,13,15-17H,7-12,14H2/p+1. The Hall–Kier alpha value is -1.90. The SMILES string of the molecule is O=C(C[n+]1ccc2ccccc2c1)NC12CC3CC(CC(C3)C1)C2. The van der Waals surface area contributed by atoms with Crippen LogP contribution in [-0.4, -0.2) is 11.4 Å². The van der Waals surface area contributed by atoms with Crippen molar-refractivity contribution in [2.45, 2.75) is 50.6 Å². The third-order valence-electron chi connectivity index (χ3n) is 6.52. The fraction of sp³-hybridized carbons (Fsp3) is 0.524. The average molecular weight is 321 g/mol. The summed E-state index contributed by atoms with van der Waals surface area (Å²) in [6, 6.07) is 10.4. The van der Waals surface area contributed by atoms with Crippen molar-refractivity contribution in [3.05, 3.63) is 42.7 Å². The van der Waals surface area contributed by atoms with E-state index in [4.69, 9.17) is 0 Å². The number of benzene rings is 1. The van der Waals surface area contributed by atoms with E-state index in [1.165, 1.54) is 49.3 Å². The molecule has 0 atom stereocenters. The average Bonchev–Trinajstić information content (AvgIpc) is 2.52. The molecule has 6 rings (SSSR count).